The quantitative estimate of drug-likeness (QED) is 0.233. The number of halogens is 3. The van der Waals surface area contributed by atoms with Gasteiger partial charge in [0.1, 0.15) is 0 Å². The fourth-order valence-corrected chi connectivity index (χ4v) is 3.70. The molecule has 0 unspecified atom stereocenters. The first-order valence-electron chi connectivity index (χ1n) is 5.45. The van der Waals surface area contributed by atoms with Crippen molar-refractivity contribution in [2.24, 2.45) is 0 Å². The van der Waals surface area contributed by atoms with Crippen molar-refractivity contribution in [3.05, 3.63) is 28.4 Å². The first kappa shape index (κ1) is 17.4. The molecular weight excluding hydrogens is 589 g/mol. The number of unbranched alkanes of at least 4 members (excludes halogenated alkanes) is 1. The molecule has 0 amide bonds. The second-order valence-electron chi connectivity index (χ2n) is 3.74. The highest BCUT2D eigenvalue weighted by atomic mass is 127. The lowest BCUT2D eigenvalue weighted by molar-refractivity contribution is -0.137. The van der Waals surface area contributed by atoms with E-state index in [-0.39, 0.29) is 19.0 Å². The van der Waals surface area contributed by atoms with Crippen LogP contribution in [0.25, 0.3) is 0 Å². The minimum absolute atomic E-state index is 0.107. The minimum atomic E-state index is -0.826. The molecule has 0 spiro atoms. The van der Waals surface area contributed by atoms with Crippen LogP contribution in [0.4, 0.5) is 0 Å². The molecule has 1 N–H and O–H groups in total. The standard InChI is InChI=1S/C12H11I3O4/c13-7-5-8(11(15)9(14)6-7)12(18)19-4-2-1-3-10(16)17/h5-6H,1-4H2,(H,16,17). The van der Waals surface area contributed by atoms with Gasteiger partial charge in [-0.05, 0) is 92.7 Å². The van der Waals surface area contributed by atoms with Crippen molar-refractivity contribution < 1.29 is 19.4 Å². The Hall–Kier alpha value is 0.350. The van der Waals surface area contributed by atoms with Crippen LogP contribution >= 0.6 is 67.8 Å². The number of carboxylic acid groups (broad SMARTS) is 1. The molecule has 0 heterocycles. The number of hydrogen-bond donors (Lipinski definition) is 1. The summed E-state index contributed by atoms with van der Waals surface area (Å²) >= 11 is 6.46. The maximum atomic E-state index is 11.9. The third-order valence-corrected chi connectivity index (χ3v) is 5.90. The van der Waals surface area contributed by atoms with E-state index in [4.69, 9.17) is 9.84 Å². The molecule has 1 aromatic rings. The number of hydrogen-bond acceptors (Lipinski definition) is 3. The summed E-state index contributed by atoms with van der Waals surface area (Å²) < 4.78 is 8.04. The molecule has 7 heteroatoms. The van der Waals surface area contributed by atoms with Gasteiger partial charge in [0.15, 0.2) is 0 Å². The molecular formula is C12H11I3O4. The number of rotatable bonds is 6. The number of ether oxygens (including phenoxy) is 1. The number of carbonyl (C=O) groups excluding carboxylic acids is 1. The monoisotopic (exact) mass is 600 g/mol. The van der Waals surface area contributed by atoms with Crippen molar-refractivity contribution >= 4 is 79.7 Å². The van der Waals surface area contributed by atoms with E-state index in [9.17, 15) is 9.59 Å². The smallest absolute Gasteiger partial charge is 0.339 e. The van der Waals surface area contributed by atoms with Crippen LogP contribution in [0, 0.1) is 10.7 Å². The highest BCUT2D eigenvalue weighted by Crippen LogP contribution is 2.23. The first-order valence-corrected chi connectivity index (χ1v) is 8.69. The fraction of sp³-hybridized carbons (Fsp3) is 0.333. The molecule has 4 nitrogen and oxygen atoms in total. The molecule has 0 aromatic heterocycles. The van der Waals surface area contributed by atoms with Gasteiger partial charge in [0, 0.05) is 17.1 Å². The van der Waals surface area contributed by atoms with Crippen LogP contribution in [-0.2, 0) is 9.53 Å². The summed E-state index contributed by atoms with van der Waals surface area (Å²) in [4.78, 5) is 22.2. The maximum absolute atomic E-state index is 11.9. The third kappa shape index (κ3) is 6.10. The topological polar surface area (TPSA) is 63.6 Å². The molecule has 0 aliphatic rings. The zero-order chi connectivity index (χ0) is 14.4. The summed E-state index contributed by atoms with van der Waals surface area (Å²) in [5.41, 5.74) is 0.565. The van der Waals surface area contributed by atoms with E-state index in [0.717, 1.165) is 10.7 Å². The average Bonchev–Trinajstić information content (AvgIpc) is 2.32. The fourth-order valence-electron chi connectivity index (χ4n) is 1.33. The highest BCUT2D eigenvalue weighted by molar-refractivity contribution is 14.1. The molecule has 1 rings (SSSR count). The van der Waals surface area contributed by atoms with Gasteiger partial charge in [-0.25, -0.2) is 4.79 Å². The van der Waals surface area contributed by atoms with E-state index in [1.807, 2.05) is 6.07 Å². The minimum Gasteiger partial charge on any atom is -0.481 e. The molecule has 0 saturated carbocycles. The Morgan fingerprint density at radius 2 is 1.84 bits per heavy atom. The number of aliphatic carboxylic acids is 1. The van der Waals surface area contributed by atoms with Crippen LogP contribution in [0.3, 0.4) is 0 Å². The van der Waals surface area contributed by atoms with Gasteiger partial charge >= 0.3 is 11.9 Å². The molecule has 0 bridgehead atoms. The lowest BCUT2D eigenvalue weighted by Gasteiger charge is -2.08. The zero-order valence-corrected chi connectivity index (χ0v) is 16.3. The average molecular weight is 600 g/mol. The Labute approximate surface area is 152 Å². The van der Waals surface area contributed by atoms with Crippen LogP contribution in [-0.4, -0.2) is 23.7 Å². The van der Waals surface area contributed by atoms with Gasteiger partial charge in [0.05, 0.1) is 12.2 Å². The molecule has 19 heavy (non-hydrogen) atoms. The number of carboxylic acids is 1. The molecule has 0 aliphatic carbocycles. The van der Waals surface area contributed by atoms with Crippen molar-refractivity contribution in [1.82, 2.24) is 0 Å². The van der Waals surface area contributed by atoms with Gasteiger partial charge in [-0.2, -0.15) is 0 Å². The Balaban J connectivity index is 2.52. The van der Waals surface area contributed by atoms with Crippen molar-refractivity contribution in [2.75, 3.05) is 6.61 Å². The summed E-state index contributed by atoms with van der Waals surface area (Å²) in [6.07, 6.45) is 1.19. The van der Waals surface area contributed by atoms with Gasteiger partial charge in [-0.3, -0.25) is 4.79 Å². The van der Waals surface area contributed by atoms with E-state index in [1.54, 1.807) is 6.07 Å². The Kier molecular flexibility index (Phi) is 7.87. The second kappa shape index (κ2) is 8.60. The predicted molar refractivity (Wildman–Crippen MR) is 96.4 cm³/mol. The molecule has 0 saturated heterocycles. The Morgan fingerprint density at radius 3 is 2.47 bits per heavy atom. The predicted octanol–water partition coefficient (Wildman–Crippen LogP) is 3.91. The van der Waals surface area contributed by atoms with Crippen molar-refractivity contribution in [3.63, 3.8) is 0 Å². The Morgan fingerprint density at radius 1 is 1.16 bits per heavy atom. The van der Waals surface area contributed by atoms with Crippen molar-refractivity contribution in [2.45, 2.75) is 19.3 Å². The van der Waals surface area contributed by atoms with Crippen LogP contribution in [0.5, 0.6) is 0 Å². The SMILES string of the molecule is O=C(O)CCCCOC(=O)c1cc(I)cc(I)c1I. The van der Waals surface area contributed by atoms with Crippen molar-refractivity contribution in [1.29, 1.82) is 0 Å². The van der Waals surface area contributed by atoms with Crippen LogP contribution < -0.4 is 0 Å². The number of benzene rings is 1. The lowest BCUT2D eigenvalue weighted by atomic mass is 10.2. The summed E-state index contributed by atoms with van der Waals surface area (Å²) in [5.74, 6) is -1.18. The van der Waals surface area contributed by atoms with Gasteiger partial charge in [-0.1, -0.05) is 0 Å². The summed E-state index contributed by atoms with van der Waals surface area (Å²) in [6.45, 7) is 0.254. The largest absolute Gasteiger partial charge is 0.481 e. The Bertz CT molecular complexity index is 488. The van der Waals surface area contributed by atoms with E-state index in [1.165, 1.54) is 0 Å². The van der Waals surface area contributed by atoms with Crippen LogP contribution in [0.15, 0.2) is 12.1 Å². The van der Waals surface area contributed by atoms with E-state index in [2.05, 4.69) is 67.8 Å². The summed E-state index contributed by atoms with van der Waals surface area (Å²) in [7, 11) is 0. The van der Waals surface area contributed by atoms with Gasteiger partial charge in [-0.15, -0.1) is 0 Å². The van der Waals surface area contributed by atoms with E-state index >= 15 is 0 Å². The maximum Gasteiger partial charge on any atom is 0.339 e. The normalized spacial score (nSPS) is 10.3. The summed E-state index contributed by atoms with van der Waals surface area (Å²) in [5, 5.41) is 8.49. The zero-order valence-electron chi connectivity index (χ0n) is 9.79. The van der Waals surface area contributed by atoms with Crippen LogP contribution in [0.2, 0.25) is 0 Å². The highest BCUT2D eigenvalue weighted by Gasteiger charge is 2.14. The molecule has 0 radical (unpaired) electrons. The third-order valence-electron chi connectivity index (χ3n) is 2.23. The van der Waals surface area contributed by atoms with Gasteiger partial charge < -0.3 is 9.84 Å². The second-order valence-corrected chi connectivity index (χ2v) is 7.22. The molecule has 1 aromatic carbocycles. The molecule has 0 atom stereocenters. The number of esters is 1. The molecule has 0 aliphatic heterocycles. The van der Waals surface area contributed by atoms with E-state index < -0.39 is 5.97 Å². The number of carbonyl (C=O) groups is 2. The summed E-state index contributed by atoms with van der Waals surface area (Å²) in [6, 6.07) is 3.79. The van der Waals surface area contributed by atoms with Gasteiger partial charge in [0.25, 0.3) is 0 Å². The first-order chi connectivity index (χ1) is 8.91. The van der Waals surface area contributed by atoms with Gasteiger partial charge in [0.2, 0.25) is 0 Å². The van der Waals surface area contributed by atoms with Crippen molar-refractivity contribution in [3.8, 4) is 0 Å². The molecule has 104 valence electrons. The van der Waals surface area contributed by atoms with Crippen LogP contribution in [0.1, 0.15) is 29.6 Å². The molecule has 0 fully saturated rings. The van der Waals surface area contributed by atoms with E-state index in [0.29, 0.717) is 18.4 Å². The lowest BCUT2D eigenvalue weighted by Crippen LogP contribution is -2.10.